The van der Waals surface area contributed by atoms with Crippen LogP contribution < -0.4 is 21.5 Å². The summed E-state index contributed by atoms with van der Waals surface area (Å²) in [5.41, 5.74) is 6.38. The monoisotopic (exact) mass is 565 g/mol. The van der Waals surface area contributed by atoms with Gasteiger partial charge < -0.3 is 10.6 Å². The highest BCUT2D eigenvalue weighted by Gasteiger charge is 2.34. The first-order valence-corrected chi connectivity index (χ1v) is 11.8. The van der Waals surface area contributed by atoms with Crippen molar-refractivity contribution in [1.82, 2.24) is 15.7 Å². The summed E-state index contributed by atoms with van der Waals surface area (Å²) in [5, 5.41) is 6.36. The summed E-state index contributed by atoms with van der Waals surface area (Å²) < 4.78 is 15.3. The highest BCUT2D eigenvalue weighted by Crippen LogP contribution is 2.40. The van der Waals surface area contributed by atoms with Crippen molar-refractivity contribution in [3.8, 4) is 0 Å². The van der Waals surface area contributed by atoms with Crippen LogP contribution in [0.5, 0.6) is 0 Å². The van der Waals surface area contributed by atoms with Crippen LogP contribution in [-0.2, 0) is 6.42 Å². The van der Waals surface area contributed by atoms with Gasteiger partial charge in [0, 0.05) is 16.3 Å². The Morgan fingerprint density at radius 3 is 2.81 bits per heavy atom. The van der Waals surface area contributed by atoms with Gasteiger partial charge in [-0.15, -0.1) is 11.3 Å². The number of thiophene rings is 1. The van der Waals surface area contributed by atoms with Crippen LogP contribution in [0.3, 0.4) is 0 Å². The molecule has 166 valence electrons. The van der Waals surface area contributed by atoms with Crippen LogP contribution in [0.15, 0.2) is 42.6 Å². The predicted molar refractivity (Wildman–Crippen MR) is 132 cm³/mol. The molecular weight excluding hydrogens is 544 g/mol. The summed E-state index contributed by atoms with van der Waals surface area (Å²) in [4.78, 5) is 30.6. The predicted octanol–water partition coefficient (Wildman–Crippen LogP) is 4.70. The molecule has 4 N–H and O–H groups in total. The Bertz CT molecular complexity index is 1180. The molecule has 0 saturated carbocycles. The van der Waals surface area contributed by atoms with Gasteiger partial charge in [-0.05, 0) is 70.3 Å². The molecule has 0 saturated heterocycles. The number of nitrogens with one attached hydrogen (secondary N) is 4. The summed E-state index contributed by atoms with van der Waals surface area (Å²) in [6.07, 6.45) is 2.12. The standard InChI is InChI=1S/C22H21FIN5O2S/c1-22(2)10-13-17(19(30)29-28-16-5-3-4-8-25-16)21(32-18(13)20(31)26-11-22)27-15-7-6-12(24)9-14(15)23/h3-9,27H,10-11H2,1-2H3,(H,25,28)(H,26,31)(H,29,30). The summed E-state index contributed by atoms with van der Waals surface area (Å²) >= 11 is 3.18. The van der Waals surface area contributed by atoms with Crippen LogP contribution in [0.1, 0.15) is 39.4 Å². The maximum atomic E-state index is 14.5. The molecule has 3 heterocycles. The fraction of sp³-hybridized carbons (Fsp3) is 0.227. The van der Waals surface area contributed by atoms with Gasteiger partial charge in [0.25, 0.3) is 11.8 Å². The number of nitrogens with zero attached hydrogens (tertiary/aromatic N) is 1. The van der Waals surface area contributed by atoms with Gasteiger partial charge in [-0.3, -0.25) is 20.4 Å². The van der Waals surface area contributed by atoms with E-state index < -0.39 is 11.7 Å². The number of benzene rings is 1. The number of carbonyl (C=O) groups excluding carboxylic acids is 2. The van der Waals surface area contributed by atoms with Crippen LogP contribution in [-0.4, -0.2) is 23.3 Å². The van der Waals surface area contributed by atoms with Gasteiger partial charge in [0.05, 0.1) is 16.1 Å². The quantitative estimate of drug-likeness (QED) is 0.266. The van der Waals surface area contributed by atoms with Gasteiger partial charge in [-0.1, -0.05) is 19.9 Å². The number of amides is 2. The molecule has 0 bridgehead atoms. The lowest BCUT2D eigenvalue weighted by Crippen LogP contribution is -2.32. The zero-order chi connectivity index (χ0) is 22.9. The molecule has 10 heteroatoms. The van der Waals surface area contributed by atoms with Crippen molar-refractivity contribution in [1.29, 1.82) is 0 Å². The molecule has 3 aromatic rings. The van der Waals surface area contributed by atoms with Crippen molar-refractivity contribution < 1.29 is 14.0 Å². The van der Waals surface area contributed by atoms with E-state index in [1.165, 1.54) is 6.07 Å². The topological polar surface area (TPSA) is 95.2 Å². The largest absolute Gasteiger partial charge is 0.351 e. The average molecular weight is 565 g/mol. The zero-order valence-electron chi connectivity index (χ0n) is 17.4. The lowest BCUT2D eigenvalue weighted by atomic mass is 9.85. The SMILES string of the molecule is CC1(C)CNC(=O)c2sc(Nc3ccc(I)cc3F)c(C(=O)NNc3ccccn3)c2C1. The minimum atomic E-state index is -0.441. The second-order valence-corrected chi connectivity index (χ2v) is 10.4. The molecular formula is C22H21FIN5O2S. The minimum absolute atomic E-state index is 0.230. The third-order valence-corrected chi connectivity index (χ3v) is 6.79. The number of halogens is 2. The van der Waals surface area contributed by atoms with Crippen LogP contribution in [0.4, 0.5) is 20.9 Å². The number of hydrazine groups is 1. The van der Waals surface area contributed by atoms with Gasteiger partial charge in [0.1, 0.15) is 16.6 Å². The molecule has 1 aliphatic heterocycles. The third-order valence-electron chi connectivity index (χ3n) is 4.97. The first-order chi connectivity index (χ1) is 15.2. The summed E-state index contributed by atoms with van der Waals surface area (Å²) in [5.74, 6) is -0.646. The van der Waals surface area contributed by atoms with E-state index in [2.05, 4.69) is 26.5 Å². The van der Waals surface area contributed by atoms with Crippen molar-refractivity contribution >= 4 is 62.2 Å². The van der Waals surface area contributed by atoms with E-state index in [0.717, 1.165) is 14.9 Å². The van der Waals surface area contributed by atoms with E-state index in [-0.39, 0.29) is 17.0 Å². The zero-order valence-corrected chi connectivity index (χ0v) is 20.4. The van der Waals surface area contributed by atoms with E-state index >= 15 is 0 Å². The first-order valence-electron chi connectivity index (χ1n) is 9.87. The van der Waals surface area contributed by atoms with Crippen molar-refractivity contribution in [3.05, 3.63) is 68.0 Å². The Morgan fingerprint density at radius 1 is 1.28 bits per heavy atom. The van der Waals surface area contributed by atoms with Crippen molar-refractivity contribution in [2.75, 3.05) is 17.3 Å². The molecule has 32 heavy (non-hydrogen) atoms. The van der Waals surface area contributed by atoms with Gasteiger partial charge in [-0.2, -0.15) is 0 Å². The lowest BCUT2D eigenvalue weighted by molar-refractivity contribution is 0.0946. The normalized spacial score (nSPS) is 14.7. The van der Waals surface area contributed by atoms with E-state index in [1.54, 1.807) is 36.5 Å². The minimum Gasteiger partial charge on any atom is -0.351 e. The smallest absolute Gasteiger partial charge is 0.272 e. The number of hydrogen-bond acceptors (Lipinski definition) is 6. The number of fused-ring (bicyclic) bond motifs is 1. The number of hydrogen-bond donors (Lipinski definition) is 4. The average Bonchev–Trinajstić information content (AvgIpc) is 3.05. The number of carbonyl (C=O) groups is 2. The number of aromatic nitrogens is 1. The van der Waals surface area contributed by atoms with E-state index in [9.17, 15) is 14.0 Å². The Hall–Kier alpha value is -2.73. The van der Waals surface area contributed by atoms with Gasteiger partial charge >= 0.3 is 0 Å². The Balaban J connectivity index is 1.74. The molecule has 2 aromatic heterocycles. The lowest BCUT2D eigenvalue weighted by Gasteiger charge is -2.22. The molecule has 0 atom stereocenters. The van der Waals surface area contributed by atoms with Crippen molar-refractivity contribution in [2.45, 2.75) is 20.3 Å². The number of pyridine rings is 1. The molecule has 0 spiro atoms. The van der Waals surface area contributed by atoms with E-state index in [1.807, 2.05) is 36.4 Å². The Kier molecular flexibility index (Phi) is 6.33. The second-order valence-electron chi connectivity index (χ2n) is 8.18. The maximum Gasteiger partial charge on any atom is 0.272 e. The molecule has 2 amide bonds. The fourth-order valence-corrected chi connectivity index (χ4v) is 5.02. The highest BCUT2D eigenvalue weighted by molar-refractivity contribution is 14.1. The Morgan fingerprint density at radius 2 is 2.09 bits per heavy atom. The van der Waals surface area contributed by atoms with Gasteiger partial charge in [-0.25, -0.2) is 9.37 Å². The molecule has 0 fully saturated rings. The summed E-state index contributed by atoms with van der Waals surface area (Å²) in [7, 11) is 0. The first kappa shape index (κ1) is 22.5. The molecule has 1 aliphatic rings. The van der Waals surface area contributed by atoms with Crippen molar-refractivity contribution in [2.24, 2.45) is 5.41 Å². The molecule has 0 radical (unpaired) electrons. The molecule has 4 rings (SSSR count). The van der Waals surface area contributed by atoms with Crippen LogP contribution in [0.25, 0.3) is 0 Å². The number of rotatable bonds is 5. The van der Waals surface area contributed by atoms with Crippen LogP contribution in [0, 0.1) is 14.8 Å². The Labute approximate surface area is 202 Å². The van der Waals surface area contributed by atoms with Gasteiger partial charge in [0.2, 0.25) is 0 Å². The molecule has 7 nitrogen and oxygen atoms in total. The number of anilines is 3. The van der Waals surface area contributed by atoms with Crippen molar-refractivity contribution in [3.63, 3.8) is 0 Å². The van der Waals surface area contributed by atoms with E-state index in [4.69, 9.17) is 0 Å². The molecule has 0 unspecified atom stereocenters. The fourth-order valence-electron chi connectivity index (χ4n) is 3.42. The molecule has 0 aliphatic carbocycles. The van der Waals surface area contributed by atoms with E-state index in [0.29, 0.717) is 39.8 Å². The third kappa shape index (κ3) is 4.85. The summed E-state index contributed by atoms with van der Waals surface area (Å²) in [6.45, 7) is 4.55. The molecule has 1 aromatic carbocycles. The highest BCUT2D eigenvalue weighted by atomic mass is 127. The van der Waals surface area contributed by atoms with Crippen LogP contribution >= 0.6 is 33.9 Å². The summed E-state index contributed by atoms with van der Waals surface area (Å²) in [6, 6.07) is 10.1. The second kappa shape index (κ2) is 9.02. The maximum absolute atomic E-state index is 14.5. The van der Waals surface area contributed by atoms with Gasteiger partial charge in [0.15, 0.2) is 0 Å². The van der Waals surface area contributed by atoms with Crippen LogP contribution in [0.2, 0.25) is 0 Å².